The minimum absolute atomic E-state index is 0.0616. The molecule has 2 fully saturated rings. The highest BCUT2D eigenvalue weighted by atomic mass is 16.5. The van der Waals surface area contributed by atoms with Gasteiger partial charge in [0.25, 0.3) is 0 Å². The third-order valence-corrected chi connectivity index (χ3v) is 2.97. The van der Waals surface area contributed by atoms with Crippen molar-refractivity contribution in [2.45, 2.75) is 12.5 Å². The molecule has 0 spiro atoms. The number of hydrogen-bond donors (Lipinski definition) is 2. The van der Waals surface area contributed by atoms with Crippen molar-refractivity contribution in [1.82, 2.24) is 10.6 Å². The Hall–Kier alpha value is -0.940. The molecule has 0 bridgehead atoms. The fraction of sp³-hybridized carbons (Fsp3) is 0.500. The largest absolute Gasteiger partial charge is 0.358 e. The quantitative estimate of drug-likeness (QED) is 0.778. The average Bonchev–Trinajstić information content (AvgIpc) is 3.03. The molecule has 2 aliphatic rings. The Morgan fingerprint density at radius 1 is 0.812 bits per heavy atom. The highest BCUT2D eigenvalue weighted by molar-refractivity contribution is 5.26. The summed E-state index contributed by atoms with van der Waals surface area (Å²) in [6.45, 7) is 3.44. The maximum Gasteiger partial charge on any atom is 0.134 e. The maximum atomic E-state index is 5.55. The Balaban J connectivity index is 1.73. The fourth-order valence-electron chi connectivity index (χ4n) is 2.13. The van der Waals surface area contributed by atoms with E-state index in [0.29, 0.717) is 0 Å². The van der Waals surface area contributed by atoms with Crippen LogP contribution in [0.3, 0.4) is 0 Å². The highest BCUT2D eigenvalue weighted by Gasteiger charge is 2.19. The van der Waals surface area contributed by atoms with Gasteiger partial charge in [0.15, 0.2) is 0 Å². The third-order valence-electron chi connectivity index (χ3n) is 2.97. The molecule has 2 aliphatic heterocycles. The van der Waals surface area contributed by atoms with Crippen LogP contribution in [0.5, 0.6) is 0 Å². The van der Waals surface area contributed by atoms with E-state index in [-0.39, 0.29) is 12.5 Å². The topological polar surface area (TPSA) is 42.5 Å². The molecule has 2 atom stereocenters. The summed E-state index contributed by atoms with van der Waals surface area (Å²) in [6, 6.07) is 8.40. The first-order valence-electron chi connectivity index (χ1n) is 5.73. The van der Waals surface area contributed by atoms with Gasteiger partial charge in [0.2, 0.25) is 0 Å². The standard InChI is InChI=1S/C12H16N2O2/c1-2-10(12-14-6-8-16-12)4-3-9(1)11-13-5-7-15-11/h1-4,11-14H,5-8H2. The lowest BCUT2D eigenvalue weighted by atomic mass is 10.1. The van der Waals surface area contributed by atoms with E-state index in [1.807, 2.05) is 0 Å². The summed E-state index contributed by atoms with van der Waals surface area (Å²) in [5.41, 5.74) is 2.36. The van der Waals surface area contributed by atoms with Crippen LogP contribution in [0.25, 0.3) is 0 Å². The number of ether oxygens (including phenoxy) is 2. The van der Waals surface area contributed by atoms with E-state index in [9.17, 15) is 0 Å². The third kappa shape index (κ3) is 1.97. The molecule has 0 radical (unpaired) electrons. The van der Waals surface area contributed by atoms with Crippen molar-refractivity contribution in [1.29, 1.82) is 0 Å². The van der Waals surface area contributed by atoms with Crippen LogP contribution < -0.4 is 10.6 Å². The van der Waals surface area contributed by atoms with Crippen molar-refractivity contribution in [3.8, 4) is 0 Å². The van der Waals surface area contributed by atoms with Crippen LogP contribution in [0.15, 0.2) is 24.3 Å². The lowest BCUT2D eigenvalue weighted by Crippen LogP contribution is -2.15. The molecule has 3 rings (SSSR count). The molecule has 2 heterocycles. The van der Waals surface area contributed by atoms with Crippen LogP contribution in [0.1, 0.15) is 23.6 Å². The lowest BCUT2D eigenvalue weighted by Gasteiger charge is -2.13. The first kappa shape index (κ1) is 10.2. The first-order chi connectivity index (χ1) is 7.93. The molecule has 16 heavy (non-hydrogen) atoms. The zero-order valence-corrected chi connectivity index (χ0v) is 9.11. The molecule has 2 N–H and O–H groups in total. The number of benzene rings is 1. The summed E-state index contributed by atoms with van der Waals surface area (Å²) in [5.74, 6) is 0. The summed E-state index contributed by atoms with van der Waals surface area (Å²) in [5, 5.41) is 6.59. The number of nitrogens with one attached hydrogen (secondary N) is 2. The molecule has 0 amide bonds. The van der Waals surface area contributed by atoms with Crippen molar-refractivity contribution in [2.75, 3.05) is 26.3 Å². The molecule has 4 heteroatoms. The number of rotatable bonds is 2. The van der Waals surface area contributed by atoms with E-state index in [0.717, 1.165) is 26.3 Å². The van der Waals surface area contributed by atoms with Gasteiger partial charge in [0.1, 0.15) is 12.5 Å². The molecule has 0 saturated carbocycles. The van der Waals surface area contributed by atoms with Crippen molar-refractivity contribution < 1.29 is 9.47 Å². The Morgan fingerprint density at radius 2 is 1.25 bits per heavy atom. The van der Waals surface area contributed by atoms with Crippen molar-refractivity contribution in [3.05, 3.63) is 35.4 Å². The van der Waals surface area contributed by atoms with E-state index >= 15 is 0 Å². The summed E-state index contributed by atoms with van der Waals surface area (Å²) < 4.78 is 11.1. The monoisotopic (exact) mass is 220 g/mol. The molecule has 1 aromatic rings. The van der Waals surface area contributed by atoms with Gasteiger partial charge in [0.05, 0.1) is 13.2 Å². The second kappa shape index (κ2) is 4.51. The van der Waals surface area contributed by atoms with E-state index in [1.54, 1.807) is 0 Å². The molecule has 4 nitrogen and oxygen atoms in total. The van der Waals surface area contributed by atoms with Gasteiger partial charge >= 0.3 is 0 Å². The van der Waals surface area contributed by atoms with Gasteiger partial charge in [-0.15, -0.1) is 0 Å². The molecule has 1 aromatic carbocycles. The van der Waals surface area contributed by atoms with Crippen molar-refractivity contribution in [2.24, 2.45) is 0 Å². The van der Waals surface area contributed by atoms with E-state index in [4.69, 9.17) is 9.47 Å². The van der Waals surface area contributed by atoms with Gasteiger partial charge in [0, 0.05) is 13.1 Å². The average molecular weight is 220 g/mol. The molecule has 86 valence electrons. The molecule has 2 unspecified atom stereocenters. The second-order valence-corrected chi connectivity index (χ2v) is 4.08. The summed E-state index contributed by atoms with van der Waals surface area (Å²) in [6.07, 6.45) is 0.123. The second-order valence-electron chi connectivity index (χ2n) is 4.08. The van der Waals surface area contributed by atoms with Crippen LogP contribution in [0, 0.1) is 0 Å². The zero-order valence-electron chi connectivity index (χ0n) is 9.11. The smallest absolute Gasteiger partial charge is 0.134 e. The SMILES string of the molecule is c1cc(C2NCCO2)ccc1C1NCCO1. The lowest BCUT2D eigenvalue weighted by molar-refractivity contribution is 0.0992. The number of hydrogen-bond acceptors (Lipinski definition) is 4. The zero-order chi connectivity index (χ0) is 10.8. The Labute approximate surface area is 94.9 Å². The van der Waals surface area contributed by atoms with Crippen LogP contribution in [-0.4, -0.2) is 26.3 Å². The molecule has 0 aromatic heterocycles. The first-order valence-corrected chi connectivity index (χ1v) is 5.73. The Bertz CT molecular complexity index is 306. The van der Waals surface area contributed by atoms with Crippen molar-refractivity contribution >= 4 is 0 Å². The van der Waals surface area contributed by atoms with E-state index in [1.165, 1.54) is 11.1 Å². The maximum absolute atomic E-state index is 5.55. The van der Waals surface area contributed by atoms with Gasteiger partial charge in [-0.25, -0.2) is 0 Å². The van der Waals surface area contributed by atoms with Gasteiger partial charge in [-0.1, -0.05) is 24.3 Å². The van der Waals surface area contributed by atoms with Gasteiger partial charge in [-0.3, -0.25) is 10.6 Å². The molecule has 0 aliphatic carbocycles. The summed E-state index contributed by atoms with van der Waals surface area (Å²) in [7, 11) is 0. The van der Waals surface area contributed by atoms with Crippen LogP contribution >= 0.6 is 0 Å². The normalized spacial score (nSPS) is 29.8. The molecular formula is C12H16N2O2. The predicted octanol–water partition coefficient (Wildman–Crippen LogP) is 0.923. The van der Waals surface area contributed by atoms with E-state index < -0.39 is 0 Å². The van der Waals surface area contributed by atoms with Gasteiger partial charge in [-0.05, 0) is 11.1 Å². The van der Waals surface area contributed by atoms with E-state index in [2.05, 4.69) is 34.9 Å². The highest BCUT2D eigenvalue weighted by Crippen LogP contribution is 2.22. The van der Waals surface area contributed by atoms with Crippen LogP contribution in [0.2, 0.25) is 0 Å². The van der Waals surface area contributed by atoms with Gasteiger partial charge in [-0.2, -0.15) is 0 Å². The molecular weight excluding hydrogens is 204 g/mol. The van der Waals surface area contributed by atoms with Crippen LogP contribution in [0.4, 0.5) is 0 Å². The minimum atomic E-state index is 0.0616. The summed E-state index contributed by atoms with van der Waals surface area (Å²) in [4.78, 5) is 0. The minimum Gasteiger partial charge on any atom is -0.358 e. The summed E-state index contributed by atoms with van der Waals surface area (Å²) >= 11 is 0. The Kier molecular flexibility index (Phi) is 2.88. The molecule has 2 saturated heterocycles. The Morgan fingerprint density at radius 3 is 1.56 bits per heavy atom. The fourth-order valence-corrected chi connectivity index (χ4v) is 2.13. The predicted molar refractivity (Wildman–Crippen MR) is 59.8 cm³/mol. The van der Waals surface area contributed by atoms with Crippen molar-refractivity contribution in [3.63, 3.8) is 0 Å². The van der Waals surface area contributed by atoms with Crippen LogP contribution in [-0.2, 0) is 9.47 Å². The van der Waals surface area contributed by atoms with Gasteiger partial charge < -0.3 is 9.47 Å².